The molecule has 5 nitrogen and oxygen atoms in total. The van der Waals surface area contributed by atoms with Crippen molar-refractivity contribution < 1.29 is 19.0 Å². The lowest BCUT2D eigenvalue weighted by Crippen LogP contribution is -2.27. The van der Waals surface area contributed by atoms with Gasteiger partial charge in [0.1, 0.15) is 19.3 Å². The first-order valence-corrected chi connectivity index (χ1v) is 5.99. The average Bonchev–Trinajstić information content (AvgIpc) is 2.40. The summed E-state index contributed by atoms with van der Waals surface area (Å²) in [5, 5.41) is 2.94. The summed E-state index contributed by atoms with van der Waals surface area (Å²) in [6.07, 6.45) is 0. The van der Waals surface area contributed by atoms with E-state index in [1.54, 1.807) is 14.0 Å². The monoisotopic (exact) mass is 251 g/mol. The maximum Gasteiger partial charge on any atom is 0.327 e. The molecule has 0 bridgehead atoms. The molecule has 2 rings (SSSR count). The molecule has 1 unspecified atom stereocenters. The van der Waals surface area contributed by atoms with Crippen molar-refractivity contribution in [3.8, 4) is 11.5 Å². The van der Waals surface area contributed by atoms with Crippen LogP contribution in [0.5, 0.6) is 11.5 Å². The Bertz CT molecular complexity index is 433. The predicted octanol–water partition coefficient (Wildman–Crippen LogP) is 1.28. The van der Waals surface area contributed by atoms with Crippen LogP contribution < -0.4 is 14.8 Å². The summed E-state index contributed by atoms with van der Waals surface area (Å²) in [6, 6.07) is 4.98. The molecule has 1 aliphatic heterocycles. The van der Waals surface area contributed by atoms with E-state index >= 15 is 0 Å². The molecule has 0 radical (unpaired) electrons. The van der Waals surface area contributed by atoms with Crippen molar-refractivity contribution in [1.82, 2.24) is 5.32 Å². The molecule has 0 aromatic heterocycles. The largest absolute Gasteiger partial charge is 0.486 e. The van der Waals surface area contributed by atoms with E-state index in [0.717, 1.165) is 5.56 Å². The molecule has 18 heavy (non-hydrogen) atoms. The zero-order chi connectivity index (χ0) is 13.0. The van der Waals surface area contributed by atoms with Crippen molar-refractivity contribution >= 4 is 5.97 Å². The van der Waals surface area contributed by atoms with Crippen LogP contribution in [0.3, 0.4) is 0 Å². The van der Waals surface area contributed by atoms with Gasteiger partial charge in [-0.1, -0.05) is 6.07 Å². The predicted molar refractivity (Wildman–Crippen MR) is 65.9 cm³/mol. The Morgan fingerprint density at radius 1 is 1.39 bits per heavy atom. The Balaban J connectivity index is 2.23. The van der Waals surface area contributed by atoms with Crippen molar-refractivity contribution in [2.45, 2.75) is 13.0 Å². The summed E-state index contributed by atoms with van der Waals surface area (Å²) >= 11 is 0. The summed E-state index contributed by atoms with van der Waals surface area (Å²) in [4.78, 5) is 11.8. The molecular formula is C13H17NO4. The number of hydrogen-bond donors (Lipinski definition) is 1. The Labute approximate surface area is 106 Å². The molecule has 1 heterocycles. The number of hydrogen-bond acceptors (Lipinski definition) is 5. The normalized spacial score (nSPS) is 15.0. The summed E-state index contributed by atoms with van der Waals surface area (Å²) in [6.45, 7) is 3.23. The molecule has 0 spiro atoms. The van der Waals surface area contributed by atoms with Crippen molar-refractivity contribution in [3.05, 3.63) is 23.8 Å². The molecule has 0 aliphatic carbocycles. The molecule has 0 amide bonds. The van der Waals surface area contributed by atoms with Gasteiger partial charge in [-0.2, -0.15) is 0 Å². The van der Waals surface area contributed by atoms with Crippen molar-refractivity contribution in [3.63, 3.8) is 0 Å². The highest BCUT2D eigenvalue weighted by atomic mass is 16.6. The fourth-order valence-corrected chi connectivity index (χ4v) is 1.89. The third-order valence-electron chi connectivity index (χ3n) is 2.71. The third-order valence-corrected chi connectivity index (χ3v) is 2.71. The van der Waals surface area contributed by atoms with Gasteiger partial charge in [-0.3, -0.25) is 0 Å². The highest BCUT2D eigenvalue weighted by Gasteiger charge is 2.22. The van der Waals surface area contributed by atoms with Crippen LogP contribution in [0, 0.1) is 0 Å². The zero-order valence-electron chi connectivity index (χ0n) is 10.6. The second-order valence-corrected chi connectivity index (χ2v) is 3.88. The van der Waals surface area contributed by atoms with E-state index in [9.17, 15) is 4.79 Å². The van der Waals surface area contributed by atoms with Crippen molar-refractivity contribution in [2.75, 3.05) is 26.9 Å². The average molecular weight is 251 g/mol. The van der Waals surface area contributed by atoms with Gasteiger partial charge in [-0.05, 0) is 31.7 Å². The number of esters is 1. The zero-order valence-corrected chi connectivity index (χ0v) is 10.6. The maximum absolute atomic E-state index is 11.8. The number of carbonyl (C=O) groups is 1. The molecule has 0 saturated heterocycles. The smallest absolute Gasteiger partial charge is 0.327 e. The van der Waals surface area contributed by atoms with E-state index in [0.29, 0.717) is 31.3 Å². The van der Waals surface area contributed by atoms with Crippen LogP contribution in [-0.2, 0) is 9.53 Å². The summed E-state index contributed by atoms with van der Waals surface area (Å²) in [5.74, 6) is 1.09. The van der Waals surface area contributed by atoms with E-state index in [-0.39, 0.29) is 5.97 Å². The lowest BCUT2D eigenvalue weighted by Gasteiger charge is -2.21. The summed E-state index contributed by atoms with van der Waals surface area (Å²) < 4.78 is 16.0. The Hall–Kier alpha value is -1.75. The van der Waals surface area contributed by atoms with Gasteiger partial charge in [-0.25, -0.2) is 4.79 Å². The summed E-state index contributed by atoms with van der Waals surface area (Å²) in [5.41, 5.74) is 0.806. The standard InChI is InChI=1S/C13H17NO4/c1-3-16-13(15)12(14-2)9-4-5-10-11(8-9)18-7-6-17-10/h4-5,8,12,14H,3,6-7H2,1-2H3. The Kier molecular flexibility index (Phi) is 4.04. The maximum atomic E-state index is 11.8. The number of likely N-dealkylation sites (N-methyl/N-ethyl adjacent to an activating group) is 1. The fraction of sp³-hybridized carbons (Fsp3) is 0.462. The first-order valence-electron chi connectivity index (χ1n) is 5.99. The highest BCUT2D eigenvalue weighted by molar-refractivity contribution is 5.78. The molecular weight excluding hydrogens is 234 g/mol. The molecule has 1 aromatic carbocycles. The van der Waals surface area contributed by atoms with Crippen LogP contribution >= 0.6 is 0 Å². The van der Waals surface area contributed by atoms with Gasteiger partial charge >= 0.3 is 5.97 Å². The third kappa shape index (κ3) is 2.56. The minimum atomic E-state index is -0.485. The second-order valence-electron chi connectivity index (χ2n) is 3.88. The van der Waals surface area contributed by atoms with Crippen LogP contribution in [0.2, 0.25) is 0 Å². The van der Waals surface area contributed by atoms with Crippen LogP contribution in [0.4, 0.5) is 0 Å². The Morgan fingerprint density at radius 3 is 2.78 bits per heavy atom. The minimum Gasteiger partial charge on any atom is -0.486 e. The van der Waals surface area contributed by atoms with E-state index in [1.807, 2.05) is 18.2 Å². The van der Waals surface area contributed by atoms with E-state index in [4.69, 9.17) is 14.2 Å². The quantitative estimate of drug-likeness (QED) is 0.817. The van der Waals surface area contributed by atoms with E-state index in [2.05, 4.69) is 5.32 Å². The first-order chi connectivity index (χ1) is 8.76. The molecule has 1 aromatic rings. The lowest BCUT2D eigenvalue weighted by atomic mass is 10.1. The molecule has 0 fully saturated rings. The summed E-state index contributed by atoms with van der Waals surface area (Å²) in [7, 11) is 1.72. The molecule has 1 atom stereocenters. The van der Waals surface area contributed by atoms with Crippen LogP contribution in [0.15, 0.2) is 18.2 Å². The molecule has 1 N–H and O–H groups in total. The van der Waals surface area contributed by atoms with Crippen molar-refractivity contribution in [2.24, 2.45) is 0 Å². The second kappa shape index (κ2) is 5.73. The van der Waals surface area contributed by atoms with E-state index < -0.39 is 6.04 Å². The topological polar surface area (TPSA) is 56.8 Å². The van der Waals surface area contributed by atoms with E-state index in [1.165, 1.54) is 0 Å². The fourth-order valence-electron chi connectivity index (χ4n) is 1.89. The molecule has 0 saturated carbocycles. The number of benzene rings is 1. The van der Waals surface area contributed by atoms with Gasteiger partial charge in [0, 0.05) is 0 Å². The van der Waals surface area contributed by atoms with Gasteiger partial charge in [0.25, 0.3) is 0 Å². The van der Waals surface area contributed by atoms with Gasteiger partial charge in [-0.15, -0.1) is 0 Å². The van der Waals surface area contributed by atoms with Crippen LogP contribution in [-0.4, -0.2) is 32.8 Å². The Morgan fingerprint density at radius 2 is 2.11 bits per heavy atom. The lowest BCUT2D eigenvalue weighted by molar-refractivity contribution is -0.145. The SMILES string of the molecule is CCOC(=O)C(NC)c1ccc2c(c1)OCCO2. The number of fused-ring (bicyclic) bond motifs is 1. The molecule has 98 valence electrons. The number of carbonyl (C=O) groups excluding carboxylic acids is 1. The number of nitrogens with one attached hydrogen (secondary N) is 1. The minimum absolute atomic E-state index is 0.295. The first kappa shape index (κ1) is 12.7. The molecule has 1 aliphatic rings. The number of ether oxygens (including phenoxy) is 3. The van der Waals surface area contributed by atoms with Gasteiger partial charge in [0.2, 0.25) is 0 Å². The van der Waals surface area contributed by atoms with Crippen LogP contribution in [0.1, 0.15) is 18.5 Å². The van der Waals surface area contributed by atoms with Gasteiger partial charge < -0.3 is 19.5 Å². The van der Waals surface area contributed by atoms with Gasteiger partial charge in [0.05, 0.1) is 6.61 Å². The number of rotatable bonds is 4. The highest BCUT2D eigenvalue weighted by Crippen LogP contribution is 2.32. The molecule has 5 heteroatoms. The van der Waals surface area contributed by atoms with Crippen molar-refractivity contribution in [1.29, 1.82) is 0 Å². The van der Waals surface area contributed by atoms with Crippen LogP contribution in [0.25, 0.3) is 0 Å². The van der Waals surface area contributed by atoms with Gasteiger partial charge in [0.15, 0.2) is 11.5 Å².